The lowest BCUT2D eigenvalue weighted by atomic mass is 10.5. The number of hydrogen-bond donors (Lipinski definition) is 3. The van der Waals surface area contributed by atoms with Crippen LogP contribution in [0.2, 0.25) is 0 Å². The van der Waals surface area contributed by atoms with Crippen LogP contribution in [0.1, 0.15) is 10.5 Å². The van der Waals surface area contributed by atoms with Gasteiger partial charge in [-0.25, -0.2) is 14.3 Å². The van der Waals surface area contributed by atoms with E-state index in [9.17, 15) is 14.4 Å². The van der Waals surface area contributed by atoms with Crippen LogP contribution < -0.4 is 11.1 Å². The molecule has 1 rings (SSSR count). The van der Waals surface area contributed by atoms with E-state index >= 15 is 0 Å². The fourth-order valence-electron chi connectivity index (χ4n) is 1.22. The smallest absolute Gasteiger partial charge is 0.358 e. The number of carbonyl (C=O) groups excluding carboxylic acids is 2. The molecular formula is C9H14N6O4. The van der Waals surface area contributed by atoms with Crippen LogP contribution in [0.5, 0.6) is 0 Å². The van der Waals surface area contributed by atoms with Gasteiger partial charge < -0.3 is 21.1 Å². The minimum atomic E-state index is -1.17. The summed E-state index contributed by atoms with van der Waals surface area (Å²) in [5, 5.41) is 18.1. The van der Waals surface area contributed by atoms with Gasteiger partial charge >= 0.3 is 12.0 Å². The molecule has 0 saturated heterocycles. The van der Waals surface area contributed by atoms with Crippen molar-refractivity contribution >= 4 is 17.9 Å². The summed E-state index contributed by atoms with van der Waals surface area (Å²) in [5.74, 6) is -1.78. The number of carboxylic acids is 1. The highest BCUT2D eigenvalue weighted by Gasteiger charge is 2.11. The minimum absolute atomic E-state index is 0.169. The number of urea groups is 1. The Bertz CT molecular complexity index is 485. The van der Waals surface area contributed by atoms with Crippen LogP contribution in [-0.2, 0) is 11.3 Å². The number of primary amides is 1. The van der Waals surface area contributed by atoms with Crippen LogP contribution in [0.25, 0.3) is 0 Å². The molecule has 0 radical (unpaired) electrons. The first kappa shape index (κ1) is 14.4. The number of aromatic carboxylic acids is 1. The number of nitrogens with one attached hydrogen (secondary N) is 1. The molecule has 1 heterocycles. The van der Waals surface area contributed by atoms with E-state index < -0.39 is 17.9 Å². The molecule has 0 bridgehead atoms. The molecule has 1 aromatic heterocycles. The molecule has 0 fully saturated rings. The number of amides is 3. The summed E-state index contributed by atoms with van der Waals surface area (Å²) >= 11 is 0. The summed E-state index contributed by atoms with van der Waals surface area (Å²) in [7, 11) is 1.43. The Morgan fingerprint density at radius 2 is 2.21 bits per heavy atom. The predicted octanol–water partition coefficient (Wildman–Crippen LogP) is -1.90. The first-order chi connectivity index (χ1) is 8.90. The average molecular weight is 270 g/mol. The molecule has 0 aliphatic heterocycles. The van der Waals surface area contributed by atoms with Gasteiger partial charge in [0, 0.05) is 13.6 Å². The number of carboxylic acid groups (broad SMARTS) is 1. The average Bonchev–Trinajstić information content (AvgIpc) is 2.76. The number of nitrogens with zero attached hydrogens (tertiary/aromatic N) is 4. The van der Waals surface area contributed by atoms with Crippen LogP contribution in [0.4, 0.5) is 4.79 Å². The molecule has 3 amide bonds. The monoisotopic (exact) mass is 270 g/mol. The van der Waals surface area contributed by atoms with Gasteiger partial charge in [-0.1, -0.05) is 5.21 Å². The Labute approximate surface area is 108 Å². The summed E-state index contributed by atoms with van der Waals surface area (Å²) < 4.78 is 1.29. The van der Waals surface area contributed by atoms with E-state index in [1.807, 2.05) is 0 Å². The van der Waals surface area contributed by atoms with Crippen LogP contribution >= 0.6 is 0 Å². The Kier molecular flexibility index (Phi) is 4.80. The third kappa shape index (κ3) is 4.61. The van der Waals surface area contributed by atoms with Crippen molar-refractivity contribution in [3.63, 3.8) is 0 Å². The number of likely N-dealkylation sites (N-methyl/N-ethyl adjacent to an activating group) is 1. The summed E-state index contributed by atoms with van der Waals surface area (Å²) in [6.45, 7) is 0.291. The number of rotatable bonds is 6. The van der Waals surface area contributed by atoms with E-state index in [0.717, 1.165) is 4.90 Å². The molecule has 10 nitrogen and oxygen atoms in total. The number of hydrogen-bond acceptors (Lipinski definition) is 5. The zero-order valence-electron chi connectivity index (χ0n) is 10.2. The number of nitrogens with two attached hydrogens (primary N) is 1. The molecule has 0 saturated carbocycles. The van der Waals surface area contributed by atoms with Gasteiger partial charge in [0.2, 0.25) is 5.91 Å². The van der Waals surface area contributed by atoms with Crippen molar-refractivity contribution in [3.8, 4) is 0 Å². The van der Waals surface area contributed by atoms with Gasteiger partial charge in [-0.2, -0.15) is 0 Å². The Morgan fingerprint density at radius 3 is 2.74 bits per heavy atom. The molecule has 19 heavy (non-hydrogen) atoms. The van der Waals surface area contributed by atoms with Crippen LogP contribution in [-0.4, -0.2) is 63.0 Å². The summed E-state index contributed by atoms with van der Waals surface area (Å²) in [5.41, 5.74) is 4.77. The zero-order valence-corrected chi connectivity index (χ0v) is 10.2. The lowest BCUT2D eigenvalue weighted by Gasteiger charge is -2.15. The van der Waals surface area contributed by atoms with E-state index in [1.165, 1.54) is 17.9 Å². The van der Waals surface area contributed by atoms with Gasteiger partial charge in [-0.05, 0) is 0 Å². The van der Waals surface area contributed by atoms with Gasteiger partial charge in [-0.3, -0.25) is 4.79 Å². The maximum Gasteiger partial charge on any atom is 0.358 e. The lowest BCUT2D eigenvalue weighted by Crippen LogP contribution is -2.42. The lowest BCUT2D eigenvalue weighted by molar-refractivity contribution is -0.118. The normalized spacial score (nSPS) is 9.95. The van der Waals surface area contributed by atoms with Crippen LogP contribution in [0.15, 0.2) is 6.20 Å². The van der Waals surface area contributed by atoms with Crippen molar-refractivity contribution in [2.45, 2.75) is 6.54 Å². The molecule has 104 valence electrons. The van der Waals surface area contributed by atoms with Gasteiger partial charge in [0.1, 0.15) is 6.54 Å². The summed E-state index contributed by atoms with van der Waals surface area (Å²) in [4.78, 5) is 33.7. The van der Waals surface area contributed by atoms with Gasteiger partial charge in [0.15, 0.2) is 5.69 Å². The first-order valence-electron chi connectivity index (χ1n) is 5.31. The van der Waals surface area contributed by atoms with Crippen molar-refractivity contribution in [1.29, 1.82) is 0 Å². The van der Waals surface area contributed by atoms with Crippen LogP contribution in [0, 0.1) is 0 Å². The topological polar surface area (TPSA) is 143 Å². The van der Waals surface area contributed by atoms with E-state index in [4.69, 9.17) is 10.8 Å². The highest BCUT2D eigenvalue weighted by molar-refractivity contribution is 5.84. The second-order valence-corrected chi connectivity index (χ2v) is 3.73. The molecule has 0 atom stereocenters. The number of aromatic nitrogens is 3. The second kappa shape index (κ2) is 6.33. The standard InChI is InChI=1S/C9H14N6O4/c1-14(5-7(10)16)9(19)11-2-3-15-4-6(8(17)18)12-13-15/h4H,2-3,5H2,1H3,(H2,10,16)(H,11,19)(H,17,18). The molecule has 0 aromatic carbocycles. The fraction of sp³-hybridized carbons (Fsp3) is 0.444. The van der Waals surface area contributed by atoms with Crippen molar-refractivity contribution in [3.05, 3.63) is 11.9 Å². The maximum absolute atomic E-state index is 11.4. The van der Waals surface area contributed by atoms with Gasteiger partial charge in [0.05, 0.1) is 12.7 Å². The second-order valence-electron chi connectivity index (χ2n) is 3.73. The van der Waals surface area contributed by atoms with Crippen molar-refractivity contribution < 1.29 is 19.5 Å². The van der Waals surface area contributed by atoms with Gasteiger partial charge in [-0.15, -0.1) is 5.10 Å². The van der Waals surface area contributed by atoms with E-state index in [-0.39, 0.29) is 25.3 Å². The van der Waals surface area contributed by atoms with Crippen molar-refractivity contribution in [1.82, 2.24) is 25.2 Å². The van der Waals surface area contributed by atoms with E-state index in [0.29, 0.717) is 0 Å². The highest BCUT2D eigenvalue weighted by atomic mass is 16.4. The third-order valence-corrected chi connectivity index (χ3v) is 2.11. The quantitative estimate of drug-likeness (QED) is 0.551. The maximum atomic E-state index is 11.4. The van der Waals surface area contributed by atoms with Crippen molar-refractivity contribution in [2.75, 3.05) is 20.1 Å². The molecule has 0 unspecified atom stereocenters. The number of carbonyl (C=O) groups is 3. The minimum Gasteiger partial charge on any atom is -0.476 e. The summed E-state index contributed by atoms with van der Waals surface area (Å²) in [6, 6.07) is -0.461. The molecule has 0 spiro atoms. The van der Waals surface area contributed by atoms with Crippen molar-refractivity contribution in [2.24, 2.45) is 5.73 Å². The third-order valence-electron chi connectivity index (χ3n) is 2.11. The molecule has 0 aliphatic carbocycles. The van der Waals surface area contributed by atoms with Gasteiger partial charge in [0.25, 0.3) is 0 Å². The molecule has 10 heteroatoms. The van der Waals surface area contributed by atoms with E-state index in [2.05, 4.69) is 15.6 Å². The van der Waals surface area contributed by atoms with Crippen LogP contribution in [0.3, 0.4) is 0 Å². The summed E-state index contributed by atoms with van der Waals surface area (Å²) in [6.07, 6.45) is 1.25. The largest absolute Gasteiger partial charge is 0.476 e. The molecule has 1 aromatic rings. The molecule has 4 N–H and O–H groups in total. The highest BCUT2D eigenvalue weighted by Crippen LogP contribution is 1.92. The fourth-order valence-corrected chi connectivity index (χ4v) is 1.22. The Hall–Kier alpha value is -2.65. The molecule has 0 aliphatic rings. The zero-order chi connectivity index (χ0) is 14.4. The Morgan fingerprint density at radius 1 is 1.53 bits per heavy atom. The first-order valence-corrected chi connectivity index (χ1v) is 5.31. The SMILES string of the molecule is CN(CC(N)=O)C(=O)NCCn1cc(C(=O)O)nn1. The Balaban J connectivity index is 2.35. The van der Waals surface area contributed by atoms with E-state index in [1.54, 1.807) is 0 Å². The molecular weight excluding hydrogens is 256 g/mol. The predicted molar refractivity (Wildman–Crippen MR) is 62.2 cm³/mol.